The molecule has 5 nitrogen and oxygen atoms in total. The first-order valence-electron chi connectivity index (χ1n) is 6.55. The summed E-state index contributed by atoms with van der Waals surface area (Å²) in [5, 5.41) is 2.85. The quantitative estimate of drug-likeness (QED) is 0.911. The molecule has 0 unspecified atom stereocenters. The normalized spacial score (nSPS) is 10.6. The van der Waals surface area contributed by atoms with Crippen LogP contribution in [0.5, 0.6) is 5.75 Å². The minimum absolute atomic E-state index is 0.0850. The maximum Gasteiger partial charge on any atom is 0.244 e. The first-order valence-corrected chi connectivity index (χ1v) is 6.55. The molecule has 1 aromatic heterocycles. The smallest absolute Gasteiger partial charge is 0.244 e. The van der Waals surface area contributed by atoms with Gasteiger partial charge in [0.1, 0.15) is 18.1 Å². The van der Waals surface area contributed by atoms with Gasteiger partial charge in [0, 0.05) is 30.1 Å². The fraction of sp³-hybridized carbons (Fsp3) is 0.333. The summed E-state index contributed by atoms with van der Waals surface area (Å²) in [6, 6.07) is 7.29. The molecule has 0 radical (unpaired) electrons. The number of nitrogens with one attached hydrogen (secondary N) is 1. The molecule has 0 bridgehead atoms. The van der Waals surface area contributed by atoms with Crippen LogP contribution < -0.4 is 10.1 Å². The Morgan fingerprint density at radius 2 is 2.25 bits per heavy atom. The molecule has 2 rings (SSSR count). The number of rotatable bonds is 5. The van der Waals surface area contributed by atoms with E-state index in [9.17, 15) is 4.79 Å². The molecule has 0 saturated carbocycles. The zero-order chi connectivity index (χ0) is 14.5. The van der Waals surface area contributed by atoms with E-state index in [4.69, 9.17) is 4.74 Å². The van der Waals surface area contributed by atoms with Gasteiger partial charge in [0.15, 0.2) is 0 Å². The predicted octanol–water partition coefficient (Wildman–Crippen LogP) is 2.65. The molecular formula is C15H19N3O2. The Bertz CT molecular complexity index is 590. The SMILES string of the molecule is COc1cccc(NC(=O)Cn2ccnc2C(C)C)c1. The van der Waals surface area contributed by atoms with Crippen molar-refractivity contribution in [2.75, 3.05) is 12.4 Å². The monoisotopic (exact) mass is 273 g/mol. The van der Waals surface area contributed by atoms with Gasteiger partial charge in [-0.25, -0.2) is 4.98 Å². The molecule has 0 aliphatic heterocycles. The zero-order valence-corrected chi connectivity index (χ0v) is 12.0. The van der Waals surface area contributed by atoms with Gasteiger partial charge in [-0.3, -0.25) is 4.79 Å². The van der Waals surface area contributed by atoms with E-state index in [1.807, 2.05) is 29.0 Å². The van der Waals surface area contributed by atoms with E-state index in [1.165, 1.54) is 0 Å². The van der Waals surface area contributed by atoms with Crippen LogP contribution in [0.25, 0.3) is 0 Å². The molecule has 0 spiro atoms. The molecule has 0 saturated heterocycles. The van der Waals surface area contributed by atoms with Gasteiger partial charge in [-0.05, 0) is 12.1 Å². The van der Waals surface area contributed by atoms with Crippen LogP contribution in [0.1, 0.15) is 25.6 Å². The van der Waals surface area contributed by atoms with Crippen LogP contribution in [0.15, 0.2) is 36.7 Å². The van der Waals surface area contributed by atoms with Crippen molar-refractivity contribution >= 4 is 11.6 Å². The lowest BCUT2D eigenvalue weighted by atomic mass is 10.2. The highest BCUT2D eigenvalue weighted by atomic mass is 16.5. The number of hydrogen-bond donors (Lipinski definition) is 1. The molecular weight excluding hydrogens is 254 g/mol. The van der Waals surface area contributed by atoms with Crippen molar-refractivity contribution in [3.05, 3.63) is 42.5 Å². The second-order valence-corrected chi connectivity index (χ2v) is 4.85. The lowest BCUT2D eigenvalue weighted by Gasteiger charge is -2.11. The van der Waals surface area contributed by atoms with Crippen LogP contribution in [0, 0.1) is 0 Å². The largest absolute Gasteiger partial charge is 0.497 e. The van der Waals surface area contributed by atoms with E-state index in [0.29, 0.717) is 5.75 Å². The van der Waals surface area contributed by atoms with E-state index >= 15 is 0 Å². The lowest BCUT2D eigenvalue weighted by molar-refractivity contribution is -0.116. The summed E-state index contributed by atoms with van der Waals surface area (Å²) < 4.78 is 6.99. The molecule has 1 heterocycles. The number of carbonyl (C=O) groups excluding carboxylic acids is 1. The van der Waals surface area contributed by atoms with Gasteiger partial charge in [-0.1, -0.05) is 19.9 Å². The number of anilines is 1. The first-order chi connectivity index (χ1) is 9.60. The molecule has 0 atom stereocenters. The molecule has 20 heavy (non-hydrogen) atoms. The van der Waals surface area contributed by atoms with Crippen molar-refractivity contribution in [2.24, 2.45) is 0 Å². The number of aromatic nitrogens is 2. The van der Waals surface area contributed by atoms with Gasteiger partial charge >= 0.3 is 0 Å². The average Bonchev–Trinajstić information content (AvgIpc) is 2.87. The third-order valence-electron chi connectivity index (χ3n) is 2.93. The maximum atomic E-state index is 12.1. The molecule has 2 aromatic rings. The topological polar surface area (TPSA) is 56.1 Å². The molecule has 106 valence electrons. The number of imidazole rings is 1. The highest BCUT2D eigenvalue weighted by Crippen LogP contribution is 2.17. The van der Waals surface area contributed by atoms with Gasteiger partial charge in [-0.15, -0.1) is 0 Å². The molecule has 0 aliphatic rings. The number of nitrogens with zero attached hydrogens (tertiary/aromatic N) is 2. The molecule has 1 amide bonds. The van der Waals surface area contributed by atoms with E-state index in [0.717, 1.165) is 11.5 Å². The minimum atomic E-state index is -0.0850. The summed E-state index contributed by atoms with van der Waals surface area (Å²) in [7, 11) is 1.60. The zero-order valence-electron chi connectivity index (χ0n) is 12.0. The molecule has 1 N–H and O–H groups in total. The number of benzene rings is 1. The maximum absolute atomic E-state index is 12.1. The van der Waals surface area contributed by atoms with Gasteiger partial charge in [0.2, 0.25) is 5.91 Å². The van der Waals surface area contributed by atoms with Crippen molar-refractivity contribution in [1.29, 1.82) is 0 Å². The van der Waals surface area contributed by atoms with Crippen LogP contribution >= 0.6 is 0 Å². The summed E-state index contributed by atoms with van der Waals surface area (Å²) in [6.07, 6.45) is 3.54. The summed E-state index contributed by atoms with van der Waals surface area (Å²) >= 11 is 0. The van der Waals surface area contributed by atoms with Gasteiger partial charge in [-0.2, -0.15) is 0 Å². The van der Waals surface area contributed by atoms with Crippen LogP contribution in [0.3, 0.4) is 0 Å². The Morgan fingerprint density at radius 1 is 1.45 bits per heavy atom. The Morgan fingerprint density at radius 3 is 2.95 bits per heavy atom. The fourth-order valence-corrected chi connectivity index (χ4v) is 2.01. The third kappa shape index (κ3) is 3.38. The van der Waals surface area contributed by atoms with E-state index in [2.05, 4.69) is 24.1 Å². The van der Waals surface area contributed by atoms with Gasteiger partial charge in [0.25, 0.3) is 0 Å². The van der Waals surface area contributed by atoms with E-state index in [1.54, 1.807) is 19.4 Å². The first kappa shape index (κ1) is 14.1. The van der Waals surface area contributed by atoms with Crippen LogP contribution in [-0.2, 0) is 11.3 Å². The second-order valence-electron chi connectivity index (χ2n) is 4.85. The highest BCUT2D eigenvalue weighted by molar-refractivity contribution is 5.90. The molecule has 0 aliphatic carbocycles. The Hall–Kier alpha value is -2.30. The van der Waals surface area contributed by atoms with E-state index < -0.39 is 0 Å². The van der Waals surface area contributed by atoms with Crippen LogP contribution in [-0.4, -0.2) is 22.6 Å². The average molecular weight is 273 g/mol. The Labute approximate surface area is 118 Å². The van der Waals surface area contributed by atoms with Gasteiger partial charge < -0.3 is 14.6 Å². The number of ether oxygens (including phenoxy) is 1. The Balaban J connectivity index is 2.03. The summed E-state index contributed by atoms with van der Waals surface area (Å²) in [4.78, 5) is 16.3. The number of amides is 1. The highest BCUT2D eigenvalue weighted by Gasteiger charge is 2.10. The number of methoxy groups -OCH3 is 1. The van der Waals surface area contributed by atoms with Crippen molar-refractivity contribution in [3.63, 3.8) is 0 Å². The van der Waals surface area contributed by atoms with Crippen molar-refractivity contribution in [3.8, 4) is 5.75 Å². The third-order valence-corrected chi connectivity index (χ3v) is 2.93. The minimum Gasteiger partial charge on any atom is -0.497 e. The fourth-order valence-electron chi connectivity index (χ4n) is 2.01. The number of carbonyl (C=O) groups is 1. The molecule has 5 heteroatoms. The van der Waals surface area contributed by atoms with Gasteiger partial charge in [0.05, 0.1) is 7.11 Å². The lowest BCUT2D eigenvalue weighted by Crippen LogP contribution is -2.20. The molecule has 1 aromatic carbocycles. The number of hydrogen-bond acceptors (Lipinski definition) is 3. The van der Waals surface area contributed by atoms with E-state index in [-0.39, 0.29) is 18.4 Å². The molecule has 0 fully saturated rings. The summed E-state index contributed by atoms with van der Waals surface area (Å²) in [5.74, 6) is 1.83. The van der Waals surface area contributed by atoms with Crippen molar-refractivity contribution in [2.45, 2.75) is 26.3 Å². The summed E-state index contributed by atoms with van der Waals surface area (Å²) in [6.45, 7) is 4.36. The van der Waals surface area contributed by atoms with Crippen molar-refractivity contribution < 1.29 is 9.53 Å². The predicted molar refractivity (Wildman–Crippen MR) is 77.9 cm³/mol. The van der Waals surface area contributed by atoms with Crippen molar-refractivity contribution in [1.82, 2.24) is 9.55 Å². The standard InChI is InChI=1S/C15H19N3O2/c1-11(2)15-16-7-8-18(15)10-14(19)17-12-5-4-6-13(9-12)20-3/h4-9,11H,10H2,1-3H3,(H,17,19). The van der Waals surface area contributed by atoms with Crippen LogP contribution in [0.2, 0.25) is 0 Å². The van der Waals surface area contributed by atoms with Crippen LogP contribution in [0.4, 0.5) is 5.69 Å². The summed E-state index contributed by atoms with van der Waals surface area (Å²) in [5.41, 5.74) is 0.723. The second kappa shape index (κ2) is 6.23. The Kier molecular flexibility index (Phi) is 4.40.